The van der Waals surface area contributed by atoms with Gasteiger partial charge < -0.3 is 10.2 Å². The molecule has 0 bridgehead atoms. The van der Waals surface area contributed by atoms with Gasteiger partial charge in [0.05, 0.1) is 12.7 Å². The van der Waals surface area contributed by atoms with E-state index in [2.05, 4.69) is 15.3 Å². The molecule has 1 fully saturated rings. The summed E-state index contributed by atoms with van der Waals surface area (Å²) in [5.41, 5.74) is 0. The van der Waals surface area contributed by atoms with Crippen LogP contribution in [0.25, 0.3) is 0 Å². The van der Waals surface area contributed by atoms with Crippen molar-refractivity contribution >= 4 is 23.3 Å². The van der Waals surface area contributed by atoms with Crippen LogP contribution in [0.2, 0.25) is 5.28 Å². The number of amides is 1. The van der Waals surface area contributed by atoms with E-state index in [-0.39, 0.29) is 23.6 Å². The van der Waals surface area contributed by atoms with Gasteiger partial charge >= 0.3 is 0 Å². The second kappa shape index (κ2) is 5.27. The predicted molar refractivity (Wildman–Crippen MR) is 61.3 cm³/mol. The van der Waals surface area contributed by atoms with Crippen molar-refractivity contribution in [2.24, 2.45) is 0 Å². The van der Waals surface area contributed by atoms with Gasteiger partial charge in [-0.25, -0.2) is 9.37 Å². The summed E-state index contributed by atoms with van der Waals surface area (Å²) in [6.45, 7) is 1.56. The van der Waals surface area contributed by atoms with Gasteiger partial charge in [0, 0.05) is 13.1 Å². The largest absolute Gasteiger partial charge is 0.358 e. The van der Waals surface area contributed by atoms with Crippen molar-refractivity contribution in [3.8, 4) is 0 Å². The van der Waals surface area contributed by atoms with E-state index in [0.29, 0.717) is 0 Å². The fraction of sp³-hybridized carbons (Fsp3) is 0.500. The van der Waals surface area contributed by atoms with Gasteiger partial charge in [-0.15, -0.1) is 0 Å². The van der Waals surface area contributed by atoms with E-state index in [9.17, 15) is 9.18 Å². The number of likely N-dealkylation sites (tertiary alicyclic amines) is 1. The molecule has 1 amide bonds. The van der Waals surface area contributed by atoms with E-state index < -0.39 is 5.82 Å². The van der Waals surface area contributed by atoms with E-state index >= 15 is 0 Å². The third kappa shape index (κ3) is 3.03. The second-order valence-corrected chi connectivity index (χ2v) is 4.12. The number of hydrogen-bond donors (Lipinski definition) is 1. The molecule has 17 heavy (non-hydrogen) atoms. The minimum absolute atomic E-state index is 0.0181. The Morgan fingerprint density at radius 1 is 1.53 bits per heavy atom. The summed E-state index contributed by atoms with van der Waals surface area (Å²) in [6, 6.07) is 0. The summed E-state index contributed by atoms with van der Waals surface area (Å²) in [7, 11) is 0. The van der Waals surface area contributed by atoms with Gasteiger partial charge in [-0.2, -0.15) is 4.98 Å². The molecule has 2 heterocycles. The molecule has 1 aliphatic heterocycles. The number of nitrogens with one attached hydrogen (secondary N) is 1. The molecule has 1 aromatic heterocycles. The first-order valence-electron chi connectivity index (χ1n) is 5.36. The van der Waals surface area contributed by atoms with Crippen LogP contribution in [0.5, 0.6) is 0 Å². The molecule has 1 aliphatic rings. The van der Waals surface area contributed by atoms with Crippen LogP contribution in [0.15, 0.2) is 6.20 Å². The molecule has 0 spiro atoms. The molecule has 1 aromatic rings. The fourth-order valence-electron chi connectivity index (χ4n) is 1.71. The summed E-state index contributed by atoms with van der Waals surface area (Å²) >= 11 is 5.54. The number of hydrogen-bond acceptors (Lipinski definition) is 4. The first-order valence-corrected chi connectivity index (χ1v) is 5.74. The third-order valence-corrected chi connectivity index (χ3v) is 2.76. The molecule has 2 rings (SSSR count). The second-order valence-electron chi connectivity index (χ2n) is 3.78. The molecule has 5 nitrogen and oxygen atoms in total. The van der Waals surface area contributed by atoms with Gasteiger partial charge in [0.15, 0.2) is 11.6 Å². The van der Waals surface area contributed by atoms with Crippen molar-refractivity contribution in [2.75, 3.05) is 25.0 Å². The van der Waals surface area contributed by atoms with E-state index in [0.717, 1.165) is 32.1 Å². The van der Waals surface area contributed by atoms with Crippen molar-refractivity contribution in [1.29, 1.82) is 0 Å². The zero-order valence-electron chi connectivity index (χ0n) is 9.12. The highest BCUT2D eigenvalue weighted by Crippen LogP contribution is 2.12. The molecule has 1 N–H and O–H groups in total. The molecule has 0 unspecified atom stereocenters. The summed E-state index contributed by atoms with van der Waals surface area (Å²) < 4.78 is 13.2. The Morgan fingerprint density at radius 2 is 2.24 bits per heavy atom. The Hall–Kier alpha value is -1.43. The number of carbonyl (C=O) groups is 1. The van der Waals surface area contributed by atoms with Crippen LogP contribution in [0.1, 0.15) is 12.8 Å². The standard InChI is InChI=1S/C10H12ClFN4O/c11-10-14-5-7(12)9(15-10)13-6-8(17)16-3-1-2-4-16/h5H,1-4,6H2,(H,13,14,15). The van der Waals surface area contributed by atoms with Crippen LogP contribution in [0.4, 0.5) is 10.2 Å². The van der Waals surface area contributed by atoms with Gasteiger partial charge in [0.25, 0.3) is 0 Å². The van der Waals surface area contributed by atoms with Gasteiger partial charge in [-0.1, -0.05) is 0 Å². The van der Waals surface area contributed by atoms with Crippen molar-refractivity contribution < 1.29 is 9.18 Å². The third-order valence-electron chi connectivity index (χ3n) is 2.58. The maximum atomic E-state index is 13.2. The minimum atomic E-state index is -0.622. The molecule has 1 saturated heterocycles. The molecule has 0 aliphatic carbocycles. The van der Waals surface area contributed by atoms with Crippen LogP contribution in [-0.4, -0.2) is 40.4 Å². The monoisotopic (exact) mass is 258 g/mol. The Bertz CT molecular complexity index is 423. The summed E-state index contributed by atoms with van der Waals surface area (Å²) in [4.78, 5) is 20.6. The lowest BCUT2D eigenvalue weighted by Gasteiger charge is -2.15. The van der Waals surface area contributed by atoms with Crippen molar-refractivity contribution in [2.45, 2.75) is 12.8 Å². The fourth-order valence-corrected chi connectivity index (χ4v) is 1.84. The lowest BCUT2D eigenvalue weighted by Crippen LogP contribution is -2.33. The number of rotatable bonds is 3. The highest BCUT2D eigenvalue weighted by molar-refractivity contribution is 6.28. The van der Waals surface area contributed by atoms with E-state index in [1.807, 2.05) is 0 Å². The molecule has 0 radical (unpaired) electrons. The molecular formula is C10H12ClFN4O. The predicted octanol–water partition coefficient (Wildman–Crippen LogP) is 1.30. The van der Waals surface area contributed by atoms with E-state index in [1.54, 1.807) is 4.90 Å². The summed E-state index contributed by atoms with van der Waals surface area (Å²) in [5, 5.41) is 2.58. The van der Waals surface area contributed by atoms with E-state index in [4.69, 9.17) is 11.6 Å². The zero-order chi connectivity index (χ0) is 12.3. The topological polar surface area (TPSA) is 58.1 Å². The maximum Gasteiger partial charge on any atom is 0.241 e. The van der Waals surface area contributed by atoms with Crippen molar-refractivity contribution in [3.05, 3.63) is 17.3 Å². The number of aromatic nitrogens is 2. The Morgan fingerprint density at radius 3 is 2.94 bits per heavy atom. The van der Waals surface area contributed by atoms with E-state index in [1.165, 1.54) is 0 Å². The maximum absolute atomic E-state index is 13.2. The zero-order valence-corrected chi connectivity index (χ0v) is 9.87. The molecule has 0 saturated carbocycles. The average molecular weight is 259 g/mol. The van der Waals surface area contributed by atoms with Crippen LogP contribution in [0, 0.1) is 5.82 Å². The van der Waals surface area contributed by atoms with Gasteiger partial charge in [0.1, 0.15) is 0 Å². The Labute approximate surface area is 103 Å². The number of anilines is 1. The summed E-state index contributed by atoms with van der Waals surface area (Å²) in [6.07, 6.45) is 3.02. The highest BCUT2D eigenvalue weighted by atomic mass is 35.5. The lowest BCUT2D eigenvalue weighted by molar-refractivity contribution is -0.128. The molecule has 0 aromatic carbocycles. The smallest absolute Gasteiger partial charge is 0.241 e. The number of carbonyl (C=O) groups excluding carboxylic acids is 1. The van der Waals surface area contributed by atoms with Gasteiger partial charge in [0.2, 0.25) is 11.2 Å². The van der Waals surface area contributed by atoms with Crippen LogP contribution < -0.4 is 5.32 Å². The minimum Gasteiger partial charge on any atom is -0.358 e. The number of halogens is 2. The first kappa shape index (κ1) is 12.0. The van der Waals surface area contributed by atoms with Crippen LogP contribution in [0.3, 0.4) is 0 Å². The van der Waals surface area contributed by atoms with Crippen molar-refractivity contribution in [3.63, 3.8) is 0 Å². The number of nitrogens with zero attached hydrogens (tertiary/aromatic N) is 3. The lowest BCUT2D eigenvalue weighted by atomic mass is 10.4. The van der Waals surface area contributed by atoms with Gasteiger partial charge in [-0.05, 0) is 24.4 Å². The quantitative estimate of drug-likeness (QED) is 0.831. The first-order chi connectivity index (χ1) is 8.16. The molecule has 7 heteroatoms. The Kier molecular flexibility index (Phi) is 3.73. The van der Waals surface area contributed by atoms with Crippen LogP contribution >= 0.6 is 11.6 Å². The highest BCUT2D eigenvalue weighted by Gasteiger charge is 2.18. The molecule has 92 valence electrons. The average Bonchev–Trinajstić information content (AvgIpc) is 2.83. The SMILES string of the molecule is O=C(CNc1nc(Cl)ncc1F)N1CCCC1. The summed E-state index contributed by atoms with van der Waals surface area (Å²) in [5.74, 6) is -0.724. The molecular weight excluding hydrogens is 247 g/mol. The molecule has 0 atom stereocenters. The van der Waals surface area contributed by atoms with Crippen LogP contribution in [-0.2, 0) is 4.79 Å². The Balaban J connectivity index is 1.92. The van der Waals surface area contributed by atoms with Gasteiger partial charge in [-0.3, -0.25) is 4.79 Å². The van der Waals surface area contributed by atoms with Crippen molar-refractivity contribution in [1.82, 2.24) is 14.9 Å². The normalized spacial score (nSPS) is 15.1.